The van der Waals surface area contributed by atoms with Crippen molar-refractivity contribution < 1.29 is 4.79 Å². The average molecular weight is 307 g/mol. The number of hydrogen-bond acceptors (Lipinski definition) is 4. The van der Waals surface area contributed by atoms with Gasteiger partial charge in [0.25, 0.3) is 0 Å². The maximum atomic E-state index is 11.5. The Morgan fingerprint density at radius 3 is 1.86 bits per heavy atom. The summed E-state index contributed by atoms with van der Waals surface area (Å²) in [6.45, 7) is 3.98. The Kier molecular flexibility index (Phi) is 3.72. The largest absolute Gasteiger partial charge is 0.375 e. The SMILES string of the molecule is Cc1nc(N)sc1C.NC(=O)C12CC3CC(CC(C3)C1)C2. The van der Waals surface area contributed by atoms with Crippen LogP contribution in [0.1, 0.15) is 49.1 Å². The van der Waals surface area contributed by atoms with Crippen LogP contribution in [0.25, 0.3) is 0 Å². The summed E-state index contributed by atoms with van der Waals surface area (Å²) in [4.78, 5) is 16.7. The number of aromatic nitrogens is 1. The van der Waals surface area contributed by atoms with Crippen molar-refractivity contribution in [2.45, 2.75) is 52.4 Å². The minimum Gasteiger partial charge on any atom is -0.375 e. The van der Waals surface area contributed by atoms with Gasteiger partial charge < -0.3 is 11.5 Å². The summed E-state index contributed by atoms with van der Waals surface area (Å²) in [5, 5.41) is 0.667. The van der Waals surface area contributed by atoms with Crippen LogP contribution in [0, 0.1) is 37.0 Å². The van der Waals surface area contributed by atoms with Gasteiger partial charge in [-0.15, -0.1) is 11.3 Å². The summed E-state index contributed by atoms with van der Waals surface area (Å²) in [6.07, 6.45) is 7.46. The van der Waals surface area contributed by atoms with Crippen molar-refractivity contribution >= 4 is 22.4 Å². The highest BCUT2D eigenvalue weighted by Gasteiger charge is 2.53. The van der Waals surface area contributed by atoms with Gasteiger partial charge in [0.15, 0.2) is 5.13 Å². The fourth-order valence-electron chi connectivity index (χ4n) is 4.91. The molecular formula is C16H25N3OS. The van der Waals surface area contributed by atoms with Crippen molar-refractivity contribution in [3.05, 3.63) is 10.6 Å². The molecule has 1 heterocycles. The summed E-state index contributed by atoms with van der Waals surface area (Å²) in [5.74, 6) is 2.49. The molecule has 0 aliphatic heterocycles. The van der Waals surface area contributed by atoms with Crippen LogP contribution in [0.4, 0.5) is 5.13 Å². The molecule has 4 aliphatic carbocycles. The molecule has 4 nitrogen and oxygen atoms in total. The summed E-state index contributed by atoms with van der Waals surface area (Å²) < 4.78 is 0. The van der Waals surface area contributed by atoms with Gasteiger partial charge >= 0.3 is 0 Å². The number of carbonyl (C=O) groups is 1. The summed E-state index contributed by atoms with van der Waals surface area (Å²) >= 11 is 1.54. The number of primary amides is 1. The molecule has 4 bridgehead atoms. The molecule has 4 aliphatic rings. The molecule has 1 amide bonds. The van der Waals surface area contributed by atoms with E-state index in [2.05, 4.69) is 4.98 Å². The molecule has 4 N–H and O–H groups in total. The number of nitrogens with zero attached hydrogens (tertiary/aromatic N) is 1. The van der Waals surface area contributed by atoms with E-state index in [0.29, 0.717) is 5.13 Å². The standard InChI is InChI=1S/C11H17NO.C5H8N2S/c12-10(13)11-4-7-1-8(5-11)3-9(2-7)6-11;1-3-4(2)8-5(6)7-3/h7-9H,1-6H2,(H2,12,13);1-2H3,(H2,6,7). The maximum absolute atomic E-state index is 11.5. The molecule has 0 aromatic carbocycles. The van der Waals surface area contributed by atoms with Crippen LogP contribution in [-0.4, -0.2) is 10.9 Å². The summed E-state index contributed by atoms with van der Waals surface area (Å²) in [6, 6.07) is 0. The van der Waals surface area contributed by atoms with Gasteiger partial charge in [-0.3, -0.25) is 4.79 Å². The molecule has 116 valence electrons. The highest BCUT2D eigenvalue weighted by molar-refractivity contribution is 7.15. The second kappa shape index (κ2) is 5.27. The summed E-state index contributed by atoms with van der Waals surface area (Å²) in [7, 11) is 0. The Morgan fingerprint density at radius 1 is 1.14 bits per heavy atom. The minimum atomic E-state index is -0.0608. The van der Waals surface area contributed by atoms with Crippen LogP contribution in [0.15, 0.2) is 0 Å². The molecule has 1 aromatic heterocycles. The third kappa shape index (κ3) is 2.80. The van der Waals surface area contributed by atoms with Crippen molar-refractivity contribution in [1.82, 2.24) is 4.98 Å². The van der Waals surface area contributed by atoms with Gasteiger partial charge in [-0.25, -0.2) is 4.98 Å². The van der Waals surface area contributed by atoms with Crippen LogP contribution in [-0.2, 0) is 4.79 Å². The van der Waals surface area contributed by atoms with Crippen LogP contribution in [0.3, 0.4) is 0 Å². The molecule has 1 aromatic rings. The number of rotatable bonds is 1. The first kappa shape index (κ1) is 14.8. The number of anilines is 1. The molecule has 21 heavy (non-hydrogen) atoms. The third-order valence-corrected chi connectivity index (χ3v) is 6.51. The smallest absolute Gasteiger partial charge is 0.223 e. The lowest BCUT2D eigenvalue weighted by atomic mass is 9.49. The van der Waals surface area contributed by atoms with Crippen molar-refractivity contribution in [3.63, 3.8) is 0 Å². The molecule has 5 rings (SSSR count). The van der Waals surface area contributed by atoms with E-state index in [4.69, 9.17) is 11.5 Å². The fourth-order valence-corrected chi connectivity index (χ4v) is 5.60. The minimum absolute atomic E-state index is 0.00778. The Bertz CT molecular complexity index is 497. The number of amides is 1. The third-order valence-electron chi connectivity index (χ3n) is 5.61. The number of nitrogens with two attached hydrogens (primary N) is 2. The van der Waals surface area contributed by atoms with Gasteiger partial charge in [-0.2, -0.15) is 0 Å². The van der Waals surface area contributed by atoms with Gasteiger partial charge in [0, 0.05) is 10.3 Å². The van der Waals surface area contributed by atoms with Crippen LogP contribution < -0.4 is 11.5 Å². The van der Waals surface area contributed by atoms with E-state index in [9.17, 15) is 4.79 Å². The van der Waals surface area contributed by atoms with E-state index in [-0.39, 0.29) is 11.3 Å². The van der Waals surface area contributed by atoms with Gasteiger partial charge in [0.1, 0.15) is 0 Å². The van der Waals surface area contributed by atoms with Crippen LogP contribution in [0.2, 0.25) is 0 Å². The van der Waals surface area contributed by atoms with Gasteiger partial charge in [-0.05, 0) is 70.1 Å². The number of nitrogen functional groups attached to an aromatic ring is 1. The first-order valence-electron chi connectivity index (χ1n) is 7.87. The Hall–Kier alpha value is -1.10. The molecule has 0 unspecified atom stereocenters. The second-order valence-electron chi connectivity index (χ2n) is 7.26. The van der Waals surface area contributed by atoms with Crippen molar-refractivity contribution in [2.24, 2.45) is 28.9 Å². The zero-order chi connectivity index (χ0) is 15.2. The summed E-state index contributed by atoms with van der Waals surface area (Å²) in [5.41, 5.74) is 11.9. The zero-order valence-corrected chi connectivity index (χ0v) is 13.7. The molecule has 0 saturated heterocycles. The zero-order valence-electron chi connectivity index (χ0n) is 12.9. The van der Waals surface area contributed by atoms with Crippen LogP contribution >= 0.6 is 11.3 Å². The predicted molar refractivity (Wildman–Crippen MR) is 85.8 cm³/mol. The number of thiazole rings is 1. The highest BCUT2D eigenvalue weighted by Crippen LogP contribution is 2.59. The number of aryl methyl sites for hydroxylation is 2. The monoisotopic (exact) mass is 307 g/mol. The quantitative estimate of drug-likeness (QED) is 0.836. The lowest BCUT2D eigenvalue weighted by Gasteiger charge is -2.55. The Balaban J connectivity index is 0.000000143. The molecule has 4 saturated carbocycles. The topological polar surface area (TPSA) is 82.0 Å². The highest BCUT2D eigenvalue weighted by atomic mass is 32.1. The first-order chi connectivity index (χ1) is 9.88. The Morgan fingerprint density at radius 2 is 1.62 bits per heavy atom. The van der Waals surface area contributed by atoms with Crippen LogP contribution in [0.5, 0.6) is 0 Å². The van der Waals surface area contributed by atoms with Gasteiger partial charge in [-0.1, -0.05) is 0 Å². The normalized spacial score (nSPS) is 36.2. The molecule has 0 spiro atoms. The lowest BCUT2D eigenvalue weighted by Crippen LogP contribution is -2.52. The second-order valence-corrected chi connectivity index (χ2v) is 8.49. The van der Waals surface area contributed by atoms with Crippen molar-refractivity contribution in [1.29, 1.82) is 0 Å². The van der Waals surface area contributed by atoms with E-state index in [1.165, 1.54) is 35.5 Å². The van der Waals surface area contributed by atoms with E-state index < -0.39 is 0 Å². The predicted octanol–water partition coefficient (Wildman–Crippen LogP) is 3.03. The van der Waals surface area contributed by atoms with Crippen molar-refractivity contribution in [2.75, 3.05) is 5.73 Å². The number of carbonyl (C=O) groups excluding carboxylic acids is 1. The first-order valence-corrected chi connectivity index (χ1v) is 8.69. The van der Waals surface area contributed by atoms with Crippen molar-refractivity contribution in [3.8, 4) is 0 Å². The molecule has 0 atom stereocenters. The molecule has 0 radical (unpaired) electrons. The van der Waals surface area contributed by atoms with E-state index in [1.54, 1.807) is 0 Å². The van der Waals surface area contributed by atoms with E-state index in [1.807, 2.05) is 13.8 Å². The maximum Gasteiger partial charge on any atom is 0.223 e. The van der Waals surface area contributed by atoms with E-state index in [0.717, 1.165) is 42.7 Å². The lowest BCUT2D eigenvalue weighted by molar-refractivity contribution is -0.142. The van der Waals surface area contributed by atoms with Gasteiger partial charge in [0.05, 0.1) is 5.69 Å². The molecular weight excluding hydrogens is 282 g/mol. The average Bonchev–Trinajstić information content (AvgIpc) is 2.65. The molecule has 5 heteroatoms. The van der Waals surface area contributed by atoms with Gasteiger partial charge in [0.2, 0.25) is 5.91 Å². The number of hydrogen-bond donors (Lipinski definition) is 2. The molecule has 4 fully saturated rings. The Labute approximate surface area is 130 Å². The fraction of sp³-hybridized carbons (Fsp3) is 0.750. The van der Waals surface area contributed by atoms with E-state index >= 15 is 0 Å².